The molecule has 8 heteroatoms. The van der Waals surface area contributed by atoms with Crippen LogP contribution in [0.2, 0.25) is 0 Å². The molecular formula is C18H23N3O4S. The number of hydrogen-bond donors (Lipinski definition) is 3. The summed E-state index contributed by atoms with van der Waals surface area (Å²) in [6, 6.07) is 12.7. The molecule has 0 saturated heterocycles. The minimum atomic E-state index is -3.75. The Morgan fingerprint density at radius 2 is 1.69 bits per heavy atom. The van der Waals surface area contributed by atoms with Crippen LogP contribution < -0.4 is 20.5 Å². The van der Waals surface area contributed by atoms with Crippen molar-refractivity contribution in [2.45, 2.75) is 30.8 Å². The van der Waals surface area contributed by atoms with E-state index in [2.05, 4.69) is 10.6 Å². The van der Waals surface area contributed by atoms with E-state index in [1.54, 1.807) is 14.0 Å². The van der Waals surface area contributed by atoms with Gasteiger partial charge >= 0.3 is 0 Å². The Balaban J connectivity index is 2.01. The number of amides is 1. The number of hydrogen-bond acceptors (Lipinski definition) is 5. The van der Waals surface area contributed by atoms with E-state index in [9.17, 15) is 13.2 Å². The molecule has 0 aliphatic heterocycles. The zero-order valence-electron chi connectivity index (χ0n) is 14.9. The molecule has 0 unspecified atom stereocenters. The summed E-state index contributed by atoms with van der Waals surface area (Å²) in [7, 11) is -2.15. The largest absolute Gasteiger partial charge is 0.496 e. The summed E-state index contributed by atoms with van der Waals surface area (Å²) in [6.45, 7) is 3.70. The molecular weight excluding hydrogens is 354 g/mol. The topological polar surface area (TPSA) is 111 Å². The standard InChI is InChI=1S/C18H23N3O4S/c1-12(16-6-4-5-7-17(16)25-3)20-13(2)18(22)21-14-8-10-15(11-9-14)26(19,23)24/h4-13,20H,1-3H3,(H,21,22)(H2,19,23,24)/t12-,13-/m1/s1. The van der Waals surface area contributed by atoms with Crippen molar-refractivity contribution >= 4 is 21.6 Å². The van der Waals surface area contributed by atoms with Gasteiger partial charge in [-0.1, -0.05) is 18.2 Å². The van der Waals surface area contributed by atoms with Gasteiger partial charge in [0, 0.05) is 17.3 Å². The Labute approximate surface area is 153 Å². The zero-order chi connectivity index (χ0) is 19.3. The Kier molecular flexibility index (Phi) is 6.36. The van der Waals surface area contributed by atoms with Crippen LogP contribution in [0.1, 0.15) is 25.5 Å². The number of methoxy groups -OCH3 is 1. The molecule has 0 saturated carbocycles. The second kappa shape index (κ2) is 8.31. The molecule has 1 amide bonds. The number of nitrogens with two attached hydrogens (primary N) is 1. The van der Waals surface area contributed by atoms with Gasteiger partial charge in [0.1, 0.15) is 5.75 Å². The van der Waals surface area contributed by atoms with E-state index in [4.69, 9.17) is 9.88 Å². The monoisotopic (exact) mass is 377 g/mol. The Hall–Kier alpha value is -2.42. The van der Waals surface area contributed by atoms with Gasteiger partial charge in [0.2, 0.25) is 15.9 Å². The number of rotatable bonds is 7. The highest BCUT2D eigenvalue weighted by Gasteiger charge is 2.18. The third-order valence-corrected chi connectivity index (χ3v) is 4.88. The quantitative estimate of drug-likeness (QED) is 0.684. The van der Waals surface area contributed by atoms with Gasteiger partial charge in [-0.2, -0.15) is 0 Å². The van der Waals surface area contributed by atoms with Gasteiger partial charge < -0.3 is 10.1 Å². The summed E-state index contributed by atoms with van der Waals surface area (Å²) in [5.41, 5.74) is 1.44. The molecule has 2 aromatic carbocycles. The third-order valence-electron chi connectivity index (χ3n) is 3.95. The molecule has 26 heavy (non-hydrogen) atoms. The van der Waals surface area contributed by atoms with Crippen molar-refractivity contribution in [1.29, 1.82) is 0 Å². The summed E-state index contributed by atoms with van der Waals surface area (Å²) < 4.78 is 27.8. The van der Waals surface area contributed by atoms with Gasteiger partial charge in [0.05, 0.1) is 18.0 Å². The molecule has 0 heterocycles. The number of nitrogens with one attached hydrogen (secondary N) is 2. The van der Waals surface area contributed by atoms with E-state index in [-0.39, 0.29) is 16.8 Å². The van der Waals surface area contributed by atoms with Crippen LogP contribution in [0.15, 0.2) is 53.4 Å². The second-order valence-corrected chi connectivity index (χ2v) is 7.47. The molecule has 0 aliphatic carbocycles. The number of carbonyl (C=O) groups excluding carboxylic acids is 1. The lowest BCUT2D eigenvalue weighted by atomic mass is 10.1. The number of primary sulfonamides is 1. The normalized spacial score (nSPS) is 13.7. The van der Waals surface area contributed by atoms with Gasteiger partial charge in [0.15, 0.2) is 0 Å². The molecule has 0 spiro atoms. The molecule has 0 radical (unpaired) electrons. The van der Waals surface area contributed by atoms with Gasteiger partial charge in [-0.05, 0) is 44.2 Å². The van der Waals surface area contributed by atoms with Crippen molar-refractivity contribution in [1.82, 2.24) is 5.32 Å². The van der Waals surface area contributed by atoms with Crippen molar-refractivity contribution in [2.24, 2.45) is 5.14 Å². The number of anilines is 1. The van der Waals surface area contributed by atoms with Crippen molar-refractivity contribution < 1.29 is 17.9 Å². The van der Waals surface area contributed by atoms with Crippen LogP contribution >= 0.6 is 0 Å². The molecule has 0 bridgehead atoms. The van der Waals surface area contributed by atoms with Crippen molar-refractivity contribution in [3.63, 3.8) is 0 Å². The number of ether oxygens (including phenoxy) is 1. The van der Waals surface area contributed by atoms with Crippen LogP contribution in [0.25, 0.3) is 0 Å². The van der Waals surface area contributed by atoms with Gasteiger partial charge in [0.25, 0.3) is 0 Å². The first kappa shape index (κ1) is 19.9. The number of benzene rings is 2. The first-order valence-corrected chi connectivity index (χ1v) is 9.59. The van der Waals surface area contributed by atoms with Gasteiger partial charge in [-0.3, -0.25) is 10.1 Å². The Morgan fingerprint density at radius 3 is 2.27 bits per heavy atom. The molecule has 0 fully saturated rings. The highest BCUT2D eigenvalue weighted by Crippen LogP contribution is 2.24. The molecule has 140 valence electrons. The molecule has 0 aromatic heterocycles. The third kappa shape index (κ3) is 5.04. The van der Waals surface area contributed by atoms with Crippen LogP contribution in [0.5, 0.6) is 5.75 Å². The van der Waals surface area contributed by atoms with Crippen LogP contribution in [0, 0.1) is 0 Å². The maximum Gasteiger partial charge on any atom is 0.241 e. The van der Waals surface area contributed by atoms with Crippen LogP contribution in [0.3, 0.4) is 0 Å². The fraction of sp³-hybridized carbons (Fsp3) is 0.278. The maximum absolute atomic E-state index is 12.4. The van der Waals surface area contributed by atoms with Crippen LogP contribution in [-0.4, -0.2) is 27.5 Å². The van der Waals surface area contributed by atoms with Crippen molar-refractivity contribution in [3.05, 3.63) is 54.1 Å². The smallest absolute Gasteiger partial charge is 0.241 e. The first-order chi connectivity index (χ1) is 12.2. The van der Waals surface area contributed by atoms with E-state index in [0.717, 1.165) is 11.3 Å². The molecule has 2 atom stereocenters. The minimum Gasteiger partial charge on any atom is -0.496 e. The zero-order valence-corrected chi connectivity index (χ0v) is 15.7. The van der Waals surface area contributed by atoms with Crippen molar-refractivity contribution in [3.8, 4) is 5.75 Å². The lowest BCUT2D eigenvalue weighted by molar-refractivity contribution is -0.117. The van der Waals surface area contributed by atoms with Gasteiger partial charge in [-0.25, -0.2) is 13.6 Å². The van der Waals surface area contributed by atoms with Crippen molar-refractivity contribution in [2.75, 3.05) is 12.4 Å². The number of carbonyl (C=O) groups is 1. The molecule has 4 N–H and O–H groups in total. The van der Waals surface area contributed by atoms with Crippen LogP contribution in [0.4, 0.5) is 5.69 Å². The van der Waals surface area contributed by atoms with Crippen LogP contribution in [-0.2, 0) is 14.8 Å². The average Bonchev–Trinajstić information content (AvgIpc) is 2.61. The summed E-state index contributed by atoms with van der Waals surface area (Å²) >= 11 is 0. The van der Waals surface area contributed by atoms with E-state index < -0.39 is 16.1 Å². The summed E-state index contributed by atoms with van der Waals surface area (Å²) in [4.78, 5) is 12.4. The summed E-state index contributed by atoms with van der Waals surface area (Å²) in [5, 5.41) is 11.0. The predicted molar refractivity (Wildman–Crippen MR) is 100 cm³/mol. The molecule has 2 rings (SSSR count). The predicted octanol–water partition coefficient (Wildman–Crippen LogP) is 2.02. The number of para-hydroxylation sites is 1. The van der Waals surface area contributed by atoms with E-state index in [1.807, 2.05) is 31.2 Å². The Morgan fingerprint density at radius 1 is 1.08 bits per heavy atom. The molecule has 7 nitrogen and oxygen atoms in total. The summed E-state index contributed by atoms with van der Waals surface area (Å²) in [6.07, 6.45) is 0. The van der Waals surface area contributed by atoms with E-state index >= 15 is 0 Å². The van der Waals surface area contributed by atoms with E-state index in [0.29, 0.717) is 5.69 Å². The Bertz CT molecular complexity index is 866. The SMILES string of the molecule is COc1ccccc1[C@@H](C)N[C@H](C)C(=O)Nc1ccc(S(N)(=O)=O)cc1. The molecule has 2 aromatic rings. The number of sulfonamides is 1. The maximum atomic E-state index is 12.4. The molecule has 0 aliphatic rings. The minimum absolute atomic E-state index is 0.00790. The highest BCUT2D eigenvalue weighted by molar-refractivity contribution is 7.89. The fourth-order valence-corrected chi connectivity index (χ4v) is 3.06. The lowest BCUT2D eigenvalue weighted by Crippen LogP contribution is -2.39. The fourth-order valence-electron chi connectivity index (χ4n) is 2.54. The second-order valence-electron chi connectivity index (χ2n) is 5.91. The summed E-state index contributed by atoms with van der Waals surface area (Å²) in [5.74, 6) is 0.508. The van der Waals surface area contributed by atoms with E-state index in [1.165, 1.54) is 24.3 Å². The van der Waals surface area contributed by atoms with Gasteiger partial charge in [-0.15, -0.1) is 0 Å². The first-order valence-electron chi connectivity index (χ1n) is 8.05. The average molecular weight is 377 g/mol. The highest BCUT2D eigenvalue weighted by atomic mass is 32.2. The lowest BCUT2D eigenvalue weighted by Gasteiger charge is -2.21.